The van der Waals surface area contributed by atoms with Crippen molar-refractivity contribution in [1.29, 1.82) is 0 Å². The Morgan fingerprint density at radius 3 is 1.65 bits per heavy atom. The largest absolute Gasteiger partial charge is 0.273 e. The number of amides is 2. The van der Waals surface area contributed by atoms with Crippen LogP contribution in [0.2, 0.25) is 0 Å². The topological polar surface area (TPSA) is 37.4 Å². The van der Waals surface area contributed by atoms with Gasteiger partial charge in [-0.3, -0.25) is 9.59 Å². The average Bonchev–Trinajstić information content (AvgIpc) is 3.02. The maximum Gasteiger partial charge on any atom is 0.265 e. The number of nitrogens with zero attached hydrogens (tertiary/aromatic N) is 1. The Labute approximate surface area is 234 Å². The van der Waals surface area contributed by atoms with Crippen LogP contribution in [0.4, 0.5) is 5.69 Å². The Balaban J connectivity index is 1.39. The summed E-state index contributed by atoms with van der Waals surface area (Å²) in [5.41, 5.74) is 6.99. The molecule has 0 fully saturated rings. The molecule has 5 aromatic carbocycles. The van der Waals surface area contributed by atoms with E-state index in [9.17, 15) is 9.59 Å². The van der Waals surface area contributed by atoms with E-state index in [-0.39, 0.29) is 11.8 Å². The summed E-state index contributed by atoms with van der Waals surface area (Å²) in [5.74, 6) is -0.898. The minimum absolute atomic E-state index is 0.200. The number of carbonyl (C=O) groups excluding carboxylic acids is 2. The molecule has 192 valence electrons. The lowest BCUT2D eigenvalue weighted by Gasteiger charge is -2.37. The zero-order valence-corrected chi connectivity index (χ0v) is 21.9. The third-order valence-electron chi connectivity index (χ3n) is 8.27. The zero-order chi connectivity index (χ0) is 27.1. The van der Waals surface area contributed by atoms with Crippen molar-refractivity contribution in [3.63, 3.8) is 0 Å². The van der Waals surface area contributed by atoms with Crippen molar-refractivity contribution in [2.75, 3.05) is 4.90 Å². The summed E-state index contributed by atoms with van der Waals surface area (Å²) in [5, 5.41) is 0. The Bertz CT molecular complexity index is 1640. The van der Waals surface area contributed by atoms with E-state index < -0.39 is 11.3 Å². The van der Waals surface area contributed by atoms with Crippen LogP contribution in [0.25, 0.3) is 0 Å². The van der Waals surface area contributed by atoms with Gasteiger partial charge in [-0.2, -0.15) is 0 Å². The molecule has 2 amide bonds. The Morgan fingerprint density at radius 2 is 1.10 bits per heavy atom. The zero-order valence-electron chi connectivity index (χ0n) is 21.9. The highest BCUT2D eigenvalue weighted by atomic mass is 16.2. The molecule has 7 rings (SSSR count). The monoisotopic (exact) mass is 517 g/mol. The van der Waals surface area contributed by atoms with E-state index in [4.69, 9.17) is 0 Å². The van der Waals surface area contributed by atoms with E-state index in [0.29, 0.717) is 11.3 Å². The number of hydrogen-bond acceptors (Lipinski definition) is 2. The van der Waals surface area contributed by atoms with Crippen molar-refractivity contribution in [3.8, 4) is 0 Å². The fourth-order valence-electron chi connectivity index (χ4n) is 6.51. The Hall–Kier alpha value is -5.02. The summed E-state index contributed by atoms with van der Waals surface area (Å²) in [6.07, 6.45) is 4.71. The summed E-state index contributed by atoms with van der Waals surface area (Å²) in [6.45, 7) is 0. The molecule has 1 aliphatic carbocycles. The van der Waals surface area contributed by atoms with Crippen molar-refractivity contribution in [2.24, 2.45) is 0 Å². The molecule has 0 saturated heterocycles. The fourth-order valence-corrected chi connectivity index (χ4v) is 6.51. The van der Waals surface area contributed by atoms with Gasteiger partial charge in [-0.25, -0.2) is 4.90 Å². The van der Waals surface area contributed by atoms with Crippen molar-refractivity contribution < 1.29 is 9.59 Å². The van der Waals surface area contributed by atoms with Crippen LogP contribution in [0.3, 0.4) is 0 Å². The van der Waals surface area contributed by atoms with Crippen LogP contribution in [0, 0.1) is 0 Å². The molecule has 0 aromatic heterocycles. The highest BCUT2D eigenvalue weighted by molar-refractivity contribution is 6.26. The molecule has 2 aliphatic rings. The predicted molar refractivity (Wildman–Crippen MR) is 159 cm³/mol. The third kappa shape index (κ3) is 3.59. The first-order valence-electron chi connectivity index (χ1n) is 13.6. The Kier molecular flexibility index (Phi) is 5.78. The molecule has 0 spiro atoms. The van der Waals surface area contributed by atoms with Gasteiger partial charge in [-0.15, -0.1) is 0 Å². The van der Waals surface area contributed by atoms with Gasteiger partial charge in [0.1, 0.15) is 0 Å². The Morgan fingerprint density at radius 1 is 0.575 bits per heavy atom. The summed E-state index contributed by atoms with van der Waals surface area (Å²) >= 11 is 0. The second-order valence-electron chi connectivity index (χ2n) is 10.4. The van der Waals surface area contributed by atoms with E-state index >= 15 is 0 Å². The van der Waals surface area contributed by atoms with Crippen LogP contribution < -0.4 is 4.90 Å². The number of anilines is 1. The van der Waals surface area contributed by atoms with Crippen molar-refractivity contribution in [3.05, 3.63) is 185 Å². The molecule has 5 aromatic rings. The predicted octanol–water partition coefficient (Wildman–Crippen LogP) is 7.45. The van der Waals surface area contributed by atoms with E-state index in [1.165, 1.54) is 4.90 Å². The maximum absolute atomic E-state index is 13.7. The molecular weight excluding hydrogens is 490 g/mol. The van der Waals surface area contributed by atoms with Crippen LogP contribution in [-0.2, 0) is 16.6 Å². The number of rotatable bonds is 5. The molecule has 1 aliphatic heterocycles. The van der Waals surface area contributed by atoms with Gasteiger partial charge in [0.15, 0.2) is 0 Å². The standard InChI is InChI=1S/C37H27NO2/c39-35-32-20-10-12-26-13-11-21-33(34(26)32)36(40)38(35)31-24-22-30(23-25-31)37(27-14-4-1-5-15-27,28-16-6-2-7-17-28)29-18-8-3-9-19-29/h1-12,14-25,33H,13H2/t33-/m0/s1. The lowest BCUT2D eigenvalue weighted by atomic mass is 9.65. The summed E-state index contributed by atoms with van der Waals surface area (Å²) in [6, 6.07) is 45.2. The number of imide groups is 1. The number of allylic oxidation sites excluding steroid dienone is 1. The first kappa shape index (κ1) is 24.1. The third-order valence-corrected chi connectivity index (χ3v) is 8.27. The molecule has 0 radical (unpaired) electrons. The van der Waals surface area contributed by atoms with E-state index in [0.717, 1.165) is 39.8 Å². The van der Waals surface area contributed by atoms with Crippen molar-refractivity contribution in [2.45, 2.75) is 17.8 Å². The van der Waals surface area contributed by atoms with Crippen LogP contribution in [-0.4, -0.2) is 11.8 Å². The van der Waals surface area contributed by atoms with Gasteiger partial charge < -0.3 is 0 Å². The quantitative estimate of drug-likeness (QED) is 0.138. The van der Waals surface area contributed by atoms with E-state index in [1.807, 2.05) is 60.7 Å². The van der Waals surface area contributed by atoms with Gasteiger partial charge in [0.2, 0.25) is 5.91 Å². The minimum atomic E-state index is -0.591. The molecule has 40 heavy (non-hydrogen) atoms. The minimum Gasteiger partial charge on any atom is -0.273 e. The van der Waals surface area contributed by atoms with Gasteiger partial charge in [0.25, 0.3) is 5.91 Å². The summed E-state index contributed by atoms with van der Waals surface area (Å²) < 4.78 is 0. The van der Waals surface area contributed by atoms with Crippen LogP contribution in [0.1, 0.15) is 49.7 Å². The van der Waals surface area contributed by atoms with Crippen LogP contribution >= 0.6 is 0 Å². The number of benzene rings is 5. The maximum atomic E-state index is 13.7. The lowest BCUT2D eigenvalue weighted by Crippen LogP contribution is -2.45. The normalized spacial score (nSPS) is 16.1. The second-order valence-corrected chi connectivity index (χ2v) is 10.4. The molecule has 0 bridgehead atoms. The molecular formula is C37H27NO2. The molecule has 3 heteroatoms. The average molecular weight is 518 g/mol. The molecule has 3 nitrogen and oxygen atoms in total. The SMILES string of the molecule is O=C1c2cccc3c2[C@H](C=CC3)C(=O)N1c1ccc(C(c2ccccc2)(c2ccccc2)c2ccccc2)cc1. The van der Waals surface area contributed by atoms with Crippen LogP contribution in [0.5, 0.6) is 0 Å². The van der Waals surface area contributed by atoms with Crippen LogP contribution in [0.15, 0.2) is 146 Å². The number of hydrogen-bond donors (Lipinski definition) is 0. The van der Waals surface area contributed by atoms with Crippen molar-refractivity contribution in [1.82, 2.24) is 0 Å². The van der Waals surface area contributed by atoms with Gasteiger partial charge in [-0.05, 0) is 58.0 Å². The lowest BCUT2D eigenvalue weighted by molar-refractivity contribution is -0.118. The second kappa shape index (κ2) is 9.62. The number of carbonyl (C=O) groups is 2. The van der Waals surface area contributed by atoms with E-state index in [1.54, 1.807) is 0 Å². The first-order valence-corrected chi connectivity index (χ1v) is 13.6. The molecule has 0 N–H and O–H groups in total. The van der Waals surface area contributed by atoms with Crippen molar-refractivity contribution >= 4 is 17.5 Å². The molecule has 1 heterocycles. The smallest absolute Gasteiger partial charge is 0.265 e. The highest BCUT2D eigenvalue weighted by Crippen LogP contribution is 2.46. The fraction of sp³-hybridized carbons (Fsp3) is 0.0811. The van der Waals surface area contributed by atoms with Gasteiger partial charge in [0, 0.05) is 5.56 Å². The van der Waals surface area contributed by atoms with Gasteiger partial charge in [0.05, 0.1) is 17.0 Å². The molecule has 0 saturated carbocycles. The molecule has 0 unspecified atom stereocenters. The summed E-state index contributed by atoms with van der Waals surface area (Å²) in [7, 11) is 0. The highest BCUT2D eigenvalue weighted by Gasteiger charge is 2.42. The van der Waals surface area contributed by atoms with Gasteiger partial charge in [-0.1, -0.05) is 127 Å². The first-order chi connectivity index (χ1) is 19.7. The van der Waals surface area contributed by atoms with Gasteiger partial charge >= 0.3 is 0 Å². The van der Waals surface area contributed by atoms with E-state index in [2.05, 4.69) is 84.9 Å². The summed E-state index contributed by atoms with van der Waals surface area (Å²) in [4.78, 5) is 28.8. The molecule has 1 atom stereocenters.